The van der Waals surface area contributed by atoms with Crippen molar-refractivity contribution in [2.75, 3.05) is 0 Å². The summed E-state index contributed by atoms with van der Waals surface area (Å²) in [5.74, 6) is 1.15. The molecule has 1 unspecified atom stereocenters. The maximum Gasteiger partial charge on any atom is 0.220 e. The molecule has 0 bridgehead atoms. The Morgan fingerprint density at radius 3 is 2.86 bits per heavy atom. The molecule has 1 amide bonds. The van der Waals surface area contributed by atoms with Crippen LogP contribution in [-0.2, 0) is 24.8 Å². The van der Waals surface area contributed by atoms with Gasteiger partial charge in [0.25, 0.3) is 0 Å². The molecule has 3 aromatic rings. The first kappa shape index (κ1) is 19.3. The van der Waals surface area contributed by atoms with Crippen LogP contribution >= 0.6 is 0 Å². The van der Waals surface area contributed by atoms with Crippen molar-refractivity contribution in [3.05, 3.63) is 54.6 Å². The zero-order valence-electron chi connectivity index (χ0n) is 16.5. The minimum atomic E-state index is -0.524. The fourth-order valence-corrected chi connectivity index (χ4v) is 4.03. The van der Waals surface area contributed by atoms with E-state index in [9.17, 15) is 9.90 Å². The highest BCUT2D eigenvalue weighted by Gasteiger charge is 2.34. The van der Waals surface area contributed by atoms with E-state index >= 15 is 0 Å². The molecule has 8 heteroatoms. The van der Waals surface area contributed by atoms with Crippen molar-refractivity contribution in [1.82, 2.24) is 29.9 Å². The Balaban J connectivity index is 1.31. The molecule has 2 heterocycles. The number of benzene rings is 1. The molecule has 2 aromatic heterocycles. The Kier molecular flexibility index (Phi) is 5.71. The zero-order chi connectivity index (χ0) is 20.2. The van der Waals surface area contributed by atoms with Gasteiger partial charge in [0.2, 0.25) is 5.91 Å². The number of hydrogen-bond donors (Lipinski definition) is 2. The van der Waals surface area contributed by atoms with E-state index in [0.717, 1.165) is 30.0 Å². The second-order valence-corrected chi connectivity index (χ2v) is 7.67. The van der Waals surface area contributed by atoms with Crippen LogP contribution in [0.4, 0.5) is 0 Å². The van der Waals surface area contributed by atoms with E-state index in [1.807, 2.05) is 36.5 Å². The van der Waals surface area contributed by atoms with Crippen LogP contribution < -0.4 is 5.32 Å². The minimum Gasteiger partial charge on any atom is -0.391 e. The van der Waals surface area contributed by atoms with Crippen molar-refractivity contribution >= 4 is 5.91 Å². The van der Waals surface area contributed by atoms with Crippen LogP contribution in [0.25, 0.3) is 11.4 Å². The summed E-state index contributed by atoms with van der Waals surface area (Å²) in [5, 5.41) is 21.6. The van der Waals surface area contributed by atoms with Gasteiger partial charge in [0.05, 0.1) is 24.0 Å². The maximum absolute atomic E-state index is 12.3. The van der Waals surface area contributed by atoms with Gasteiger partial charge in [0, 0.05) is 44.4 Å². The maximum atomic E-state index is 12.3. The number of amides is 1. The van der Waals surface area contributed by atoms with Gasteiger partial charge in [-0.1, -0.05) is 30.3 Å². The first-order valence-electron chi connectivity index (χ1n) is 9.97. The number of aromatic nitrogens is 5. The van der Waals surface area contributed by atoms with E-state index in [2.05, 4.69) is 25.1 Å². The van der Waals surface area contributed by atoms with Crippen molar-refractivity contribution < 1.29 is 9.90 Å². The fourth-order valence-electron chi connectivity index (χ4n) is 4.03. The third-order valence-corrected chi connectivity index (χ3v) is 5.43. The summed E-state index contributed by atoms with van der Waals surface area (Å²) in [7, 11) is 1.75. The number of nitrogens with one attached hydrogen (secondary N) is 1. The molecular weight excluding hydrogens is 368 g/mol. The number of aryl methyl sites for hydroxylation is 2. The van der Waals surface area contributed by atoms with Crippen molar-refractivity contribution in [2.45, 2.75) is 44.4 Å². The first-order chi connectivity index (χ1) is 14.1. The lowest BCUT2D eigenvalue weighted by atomic mass is 10.1. The molecule has 0 radical (unpaired) electrons. The molecule has 0 saturated heterocycles. The molecule has 8 nitrogen and oxygen atoms in total. The Morgan fingerprint density at radius 2 is 2.10 bits per heavy atom. The average Bonchev–Trinajstić information content (AvgIpc) is 3.42. The summed E-state index contributed by atoms with van der Waals surface area (Å²) in [5.41, 5.74) is 1.87. The Bertz CT molecular complexity index is 951. The second kappa shape index (κ2) is 8.57. The average molecular weight is 394 g/mol. The van der Waals surface area contributed by atoms with Gasteiger partial charge in [0.15, 0.2) is 0 Å². The van der Waals surface area contributed by atoms with Crippen LogP contribution in [0.5, 0.6) is 0 Å². The number of aliphatic hydroxyl groups excluding tert-OH is 1. The van der Waals surface area contributed by atoms with Crippen molar-refractivity contribution in [2.24, 2.45) is 13.0 Å². The second-order valence-electron chi connectivity index (χ2n) is 7.67. The number of imidazole rings is 1. The third kappa shape index (κ3) is 4.71. The van der Waals surface area contributed by atoms with Gasteiger partial charge in [-0.25, -0.2) is 4.98 Å². The Labute approximate surface area is 169 Å². The fraction of sp³-hybridized carbons (Fsp3) is 0.429. The number of carbonyl (C=O) groups is 1. The van der Waals surface area contributed by atoms with Gasteiger partial charge in [-0.3, -0.25) is 4.79 Å². The highest BCUT2D eigenvalue weighted by atomic mass is 16.3. The molecule has 3 atom stereocenters. The molecular formula is C21H26N6O2. The van der Waals surface area contributed by atoms with Crippen LogP contribution in [0.1, 0.15) is 25.0 Å². The largest absolute Gasteiger partial charge is 0.391 e. The normalized spacial score (nSPS) is 21.4. The lowest BCUT2D eigenvalue weighted by Crippen LogP contribution is -2.40. The van der Waals surface area contributed by atoms with Crippen molar-refractivity contribution in [3.8, 4) is 11.4 Å². The third-order valence-electron chi connectivity index (χ3n) is 5.43. The Hall–Kier alpha value is -3.00. The quantitative estimate of drug-likeness (QED) is 0.634. The van der Waals surface area contributed by atoms with Crippen LogP contribution in [0, 0.1) is 5.92 Å². The summed E-state index contributed by atoms with van der Waals surface area (Å²) < 4.78 is 2.13. The smallest absolute Gasteiger partial charge is 0.220 e. The molecule has 1 aliphatic rings. The van der Waals surface area contributed by atoms with E-state index in [1.54, 1.807) is 19.4 Å². The van der Waals surface area contributed by atoms with Crippen LogP contribution in [0.2, 0.25) is 0 Å². The zero-order valence-corrected chi connectivity index (χ0v) is 16.5. The molecule has 1 saturated carbocycles. The summed E-state index contributed by atoms with van der Waals surface area (Å²) >= 11 is 0. The van der Waals surface area contributed by atoms with E-state index < -0.39 is 6.10 Å². The van der Waals surface area contributed by atoms with E-state index in [1.165, 1.54) is 4.80 Å². The molecule has 2 N–H and O–H groups in total. The van der Waals surface area contributed by atoms with E-state index in [-0.39, 0.29) is 17.9 Å². The van der Waals surface area contributed by atoms with Gasteiger partial charge in [-0.15, -0.1) is 0 Å². The summed E-state index contributed by atoms with van der Waals surface area (Å²) in [6, 6.07) is 9.87. The van der Waals surface area contributed by atoms with Gasteiger partial charge >= 0.3 is 0 Å². The first-order valence-corrected chi connectivity index (χ1v) is 9.97. The molecule has 1 fully saturated rings. The van der Waals surface area contributed by atoms with Crippen molar-refractivity contribution in [1.29, 1.82) is 0 Å². The van der Waals surface area contributed by atoms with E-state index in [0.29, 0.717) is 19.3 Å². The highest BCUT2D eigenvalue weighted by molar-refractivity contribution is 5.76. The summed E-state index contributed by atoms with van der Waals surface area (Å²) in [4.78, 5) is 18.3. The number of hydrogen-bond acceptors (Lipinski definition) is 5. The molecule has 1 aliphatic carbocycles. The van der Waals surface area contributed by atoms with Crippen molar-refractivity contribution in [3.63, 3.8) is 0 Å². The van der Waals surface area contributed by atoms with E-state index in [4.69, 9.17) is 0 Å². The number of nitrogens with zero attached hydrogens (tertiary/aromatic N) is 5. The summed E-state index contributed by atoms with van der Waals surface area (Å²) in [6.07, 6.45) is 7.23. The lowest BCUT2D eigenvalue weighted by molar-refractivity contribution is -0.122. The molecule has 1 aromatic carbocycles. The Morgan fingerprint density at radius 1 is 1.28 bits per heavy atom. The SMILES string of the molecule is Cn1ncc(CCC(=O)N[C@@H]2CC(Cn3ccnc3-c3ccccc3)C[C@H]2O)n1. The number of aliphatic hydroxyl groups is 1. The van der Waals surface area contributed by atoms with Gasteiger partial charge in [-0.05, 0) is 18.8 Å². The topological polar surface area (TPSA) is 97.9 Å². The van der Waals surface area contributed by atoms with Gasteiger partial charge < -0.3 is 15.0 Å². The van der Waals surface area contributed by atoms with Crippen LogP contribution in [0.15, 0.2) is 48.9 Å². The number of rotatable bonds is 7. The molecule has 0 aliphatic heterocycles. The van der Waals surface area contributed by atoms with Gasteiger partial charge in [0.1, 0.15) is 5.82 Å². The number of carbonyl (C=O) groups excluding carboxylic acids is 1. The lowest BCUT2D eigenvalue weighted by Gasteiger charge is -2.16. The predicted octanol–water partition coefficient (Wildman–Crippen LogP) is 1.57. The van der Waals surface area contributed by atoms with Crippen LogP contribution in [-0.4, -0.2) is 47.7 Å². The highest BCUT2D eigenvalue weighted by Crippen LogP contribution is 2.29. The molecule has 4 rings (SSSR count). The molecule has 29 heavy (non-hydrogen) atoms. The monoisotopic (exact) mass is 394 g/mol. The van der Waals surface area contributed by atoms with Gasteiger partial charge in [-0.2, -0.15) is 15.0 Å². The predicted molar refractivity (Wildman–Crippen MR) is 108 cm³/mol. The minimum absolute atomic E-state index is 0.0621. The molecule has 0 spiro atoms. The summed E-state index contributed by atoms with van der Waals surface area (Å²) in [6.45, 7) is 0.771. The molecule has 152 valence electrons. The van der Waals surface area contributed by atoms with Crippen LogP contribution in [0.3, 0.4) is 0 Å². The standard InChI is InChI=1S/C21H26N6O2/c1-26-23-13-17(25-26)7-8-20(29)24-18-11-15(12-19(18)28)14-27-10-9-22-21(27)16-5-3-2-4-6-16/h2-6,9-10,13,15,18-19,28H,7-8,11-12,14H2,1H3,(H,24,29)/t15?,18-,19-/m1/s1.